The monoisotopic (exact) mass is 305 g/mol. The van der Waals surface area contributed by atoms with Crippen LogP contribution in [0.3, 0.4) is 0 Å². The molecule has 1 aromatic rings. The smallest absolute Gasteiger partial charge is 0.138 e. The van der Waals surface area contributed by atoms with Gasteiger partial charge in [-0.1, -0.05) is 25.4 Å². The lowest BCUT2D eigenvalue weighted by molar-refractivity contribution is 0.202. The number of methoxy groups -OCH3 is 1. The summed E-state index contributed by atoms with van der Waals surface area (Å²) >= 11 is 12.1. The minimum atomic E-state index is 0.304. The van der Waals surface area contributed by atoms with E-state index in [0.29, 0.717) is 23.7 Å². The van der Waals surface area contributed by atoms with Crippen LogP contribution in [0.25, 0.3) is 0 Å². The van der Waals surface area contributed by atoms with Gasteiger partial charge >= 0.3 is 0 Å². The first-order valence-corrected chi connectivity index (χ1v) is 7.41. The van der Waals surface area contributed by atoms with Crippen molar-refractivity contribution >= 4 is 29.0 Å². The van der Waals surface area contributed by atoms with Gasteiger partial charge in [-0.25, -0.2) is 9.97 Å². The largest absolute Gasteiger partial charge is 0.383 e. The van der Waals surface area contributed by atoms with E-state index in [1.54, 1.807) is 7.11 Å². The molecular weight excluding hydrogens is 285 g/mol. The fourth-order valence-electron chi connectivity index (χ4n) is 2.13. The standard InChI is InChI=1S/C13H21Cl2N3O/c1-4-10(5-2)18(6-7-19-3)13-11(8-14)12(15)16-9-17-13/h9-10H,4-8H2,1-3H3. The molecule has 0 amide bonds. The summed E-state index contributed by atoms with van der Waals surface area (Å²) < 4.78 is 5.19. The first-order chi connectivity index (χ1) is 9.19. The maximum atomic E-state index is 6.11. The van der Waals surface area contributed by atoms with Crippen LogP contribution in [0.2, 0.25) is 5.15 Å². The molecular formula is C13H21Cl2N3O. The van der Waals surface area contributed by atoms with Crippen molar-refractivity contribution in [2.75, 3.05) is 25.2 Å². The molecule has 19 heavy (non-hydrogen) atoms. The SMILES string of the molecule is CCC(CC)N(CCOC)c1ncnc(Cl)c1CCl. The summed E-state index contributed by atoms with van der Waals surface area (Å²) in [6.07, 6.45) is 3.54. The van der Waals surface area contributed by atoms with E-state index in [2.05, 4.69) is 28.7 Å². The van der Waals surface area contributed by atoms with Gasteiger partial charge in [0.2, 0.25) is 0 Å². The number of ether oxygens (including phenoxy) is 1. The van der Waals surface area contributed by atoms with E-state index < -0.39 is 0 Å². The molecule has 0 aliphatic rings. The quantitative estimate of drug-likeness (QED) is 0.544. The first-order valence-electron chi connectivity index (χ1n) is 6.50. The van der Waals surface area contributed by atoms with Gasteiger partial charge in [-0.15, -0.1) is 11.6 Å². The summed E-state index contributed by atoms with van der Waals surface area (Å²) in [5, 5.41) is 0.424. The molecule has 0 saturated heterocycles. The van der Waals surface area contributed by atoms with E-state index in [9.17, 15) is 0 Å². The summed E-state index contributed by atoms with van der Waals surface area (Å²) in [6.45, 7) is 5.73. The Kier molecular flexibility index (Phi) is 7.42. The van der Waals surface area contributed by atoms with E-state index in [4.69, 9.17) is 27.9 Å². The van der Waals surface area contributed by atoms with Gasteiger partial charge in [-0.05, 0) is 12.8 Å². The van der Waals surface area contributed by atoms with Crippen LogP contribution in [0.4, 0.5) is 5.82 Å². The van der Waals surface area contributed by atoms with Gasteiger partial charge in [0.05, 0.1) is 12.5 Å². The fourth-order valence-corrected chi connectivity index (χ4v) is 2.63. The second-order valence-electron chi connectivity index (χ2n) is 4.26. The number of aromatic nitrogens is 2. The minimum Gasteiger partial charge on any atom is -0.383 e. The topological polar surface area (TPSA) is 38.2 Å². The van der Waals surface area contributed by atoms with Crippen molar-refractivity contribution in [2.24, 2.45) is 0 Å². The van der Waals surface area contributed by atoms with Crippen molar-refractivity contribution in [1.82, 2.24) is 9.97 Å². The number of anilines is 1. The highest BCUT2D eigenvalue weighted by Gasteiger charge is 2.21. The molecule has 6 heteroatoms. The maximum absolute atomic E-state index is 6.11. The highest BCUT2D eigenvalue weighted by molar-refractivity contribution is 6.31. The number of halogens is 2. The Balaban J connectivity index is 3.12. The summed E-state index contributed by atoms with van der Waals surface area (Å²) in [6, 6.07) is 0.392. The lowest BCUT2D eigenvalue weighted by Gasteiger charge is -2.32. The average molecular weight is 306 g/mol. The number of hydrogen-bond donors (Lipinski definition) is 0. The zero-order valence-corrected chi connectivity index (χ0v) is 13.2. The molecule has 0 aliphatic carbocycles. The van der Waals surface area contributed by atoms with E-state index >= 15 is 0 Å². The third-order valence-corrected chi connectivity index (χ3v) is 3.79. The lowest BCUT2D eigenvalue weighted by Crippen LogP contribution is -2.38. The Morgan fingerprint density at radius 2 is 2.00 bits per heavy atom. The van der Waals surface area contributed by atoms with Crippen LogP contribution >= 0.6 is 23.2 Å². The maximum Gasteiger partial charge on any atom is 0.138 e. The minimum absolute atomic E-state index is 0.304. The molecule has 0 spiro atoms. The fraction of sp³-hybridized carbons (Fsp3) is 0.692. The molecule has 108 valence electrons. The summed E-state index contributed by atoms with van der Waals surface area (Å²) in [5.74, 6) is 1.12. The van der Waals surface area contributed by atoms with Gasteiger partial charge in [0.1, 0.15) is 17.3 Å². The Labute approximate surface area is 125 Å². The molecule has 0 saturated carbocycles. The van der Waals surface area contributed by atoms with E-state index in [-0.39, 0.29) is 0 Å². The molecule has 4 nitrogen and oxygen atoms in total. The van der Waals surface area contributed by atoms with E-state index in [1.807, 2.05) is 0 Å². The molecule has 0 radical (unpaired) electrons. The van der Waals surface area contributed by atoms with Crippen molar-refractivity contribution in [2.45, 2.75) is 38.6 Å². The van der Waals surface area contributed by atoms with E-state index in [1.165, 1.54) is 6.33 Å². The Morgan fingerprint density at radius 1 is 1.32 bits per heavy atom. The zero-order valence-electron chi connectivity index (χ0n) is 11.7. The van der Waals surface area contributed by atoms with Crippen LogP contribution in [0.1, 0.15) is 32.3 Å². The van der Waals surface area contributed by atoms with Crippen molar-refractivity contribution in [3.63, 3.8) is 0 Å². The third kappa shape index (κ3) is 4.20. The summed E-state index contributed by atoms with van der Waals surface area (Å²) in [4.78, 5) is 10.6. The highest BCUT2D eigenvalue weighted by Crippen LogP contribution is 2.27. The molecule has 1 rings (SSSR count). The van der Waals surface area contributed by atoms with Crippen LogP contribution in [-0.2, 0) is 10.6 Å². The molecule has 0 atom stereocenters. The van der Waals surface area contributed by atoms with Crippen LogP contribution in [0, 0.1) is 0 Å². The normalized spacial score (nSPS) is 11.1. The van der Waals surface area contributed by atoms with Gasteiger partial charge in [0.25, 0.3) is 0 Å². The number of nitrogens with zero attached hydrogens (tertiary/aromatic N) is 3. The predicted molar refractivity (Wildman–Crippen MR) is 80.2 cm³/mol. The van der Waals surface area contributed by atoms with Gasteiger partial charge in [-0.3, -0.25) is 0 Å². The summed E-state index contributed by atoms with van der Waals surface area (Å²) in [7, 11) is 1.69. The Bertz CT molecular complexity index is 386. The van der Waals surface area contributed by atoms with Crippen LogP contribution in [-0.4, -0.2) is 36.3 Å². The number of rotatable bonds is 8. The molecule has 0 N–H and O–H groups in total. The molecule has 1 aromatic heterocycles. The molecule has 1 heterocycles. The Morgan fingerprint density at radius 3 is 2.53 bits per heavy atom. The average Bonchev–Trinajstić information content (AvgIpc) is 2.43. The van der Waals surface area contributed by atoms with Crippen molar-refractivity contribution < 1.29 is 4.74 Å². The zero-order chi connectivity index (χ0) is 14.3. The summed E-state index contributed by atoms with van der Waals surface area (Å²) in [5.41, 5.74) is 0.786. The number of alkyl halides is 1. The van der Waals surface area contributed by atoms with Gasteiger partial charge in [0, 0.05) is 25.3 Å². The molecule has 0 unspecified atom stereocenters. The molecule has 0 aliphatic heterocycles. The van der Waals surface area contributed by atoms with Gasteiger partial charge in [-0.2, -0.15) is 0 Å². The third-order valence-electron chi connectivity index (χ3n) is 3.20. The lowest BCUT2D eigenvalue weighted by atomic mass is 10.1. The highest BCUT2D eigenvalue weighted by atomic mass is 35.5. The van der Waals surface area contributed by atoms with Gasteiger partial charge in [0.15, 0.2) is 0 Å². The van der Waals surface area contributed by atoms with Crippen molar-refractivity contribution in [3.8, 4) is 0 Å². The van der Waals surface area contributed by atoms with E-state index in [0.717, 1.165) is 30.8 Å². The second kappa shape index (κ2) is 8.56. The van der Waals surface area contributed by atoms with Crippen LogP contribution < -0.4 is 4.90 Å². The van der Waals surface area contributed by atoms with Crippen LogP contribution in [0.5, 0.6) is 0 Å². The first kappa shape index (κ1) is 16.5. The van der Waals surface area contributed by atoms with Crippen molar-refractivity contribution in [3.05, 3.63) is 17.0 Å². The molecule has 0 bridgehead atoms. The Hall–Kier alpha value is -0.580. The molecule has 0 fully saturated rings. The second-order valence-corrected chi connectivity index (χ2v) is 4.88. The van der Waals surface area contributed by atoms with Crippen molar-refractivity contribution in [1.29, 1.82) is 0 Å². The predicted octanol–water partition coefficient (Wildman–Crippen LogP) is 3.51. The van der Waals surface area contributed by atoms with Crippen LogP contribution in [0.15, 0.2) is 6.33 Å². The number of hydrogen-bond acceptors (Lipinski definition) is 4. The molecule has 0 aromatic carbocycles. The van der Waals surface area contributed by atoms with Gasteiger partial charge < -0.3 is 9.64 Å².